The highest BCUT2D eigenvalue weighted by molar-refractivity contribution is 9.10. The molecular formula is C17H16BrN3O2. The van der Waals surface area contributed by atoms with Crippen LogP contribution in [0.1, 0.15) is 26.5 Å². The smallest absolute Gasteiger partial charge is 0.274 e. The molecule has 2 amide bonds. The first kappa shape index (κ1) is 16.9. The molecule has 118 valence electrons. The topological polar surface area (TPSA) is 71.1 Å². The van der Waals surface area contributed by atoms with Gasteiger partial charge < -0.3 is 10.6 Å². The van der Waals surface area contributed by atoms with Crippen LogP contribution in [0.3, 0.4) is 0 Å². The second kappa shape index (κ2) is 7.69. The summed E-state index contributed by atoms with van der Waals surface area (Å²) >= 11 is 3.41. The van der Waals surface area contributed by atoms with Crippen LogP contribution >= 0.6 is 15.9 Å². The average molecular weight is 374 g/mol. The molecule has 0 aliphatic heterocycles. The molecule has 0 unspecified atom stereocenters. The number of pyridine rings is 1. The summed E-state index contributed by atoms with van der Waals surface area (Å²) in [5.41, 5.74) is 2.07. The highest BCUT2D eigenvalue weighted by Gasteiger charge is 2.13. The highest BCUT2D eigenvalue weighted by Crippen LogP contribution is 2.23. The normalized spacial score (nSPS) is 10.0. The molecule has 1 aromatic heterocycles. The zero-order valence-corrected chi connectivity index (χ0v) is 14.2. The van der Waals surface area contributed by atoms with Gasteiger partial charge in [-0.15, -0.1) is 6.58 Å². The van der Waals surface area contributed by atoms with E-state index in [2.05, 4.69) is 38.1 Å². The number of benzene rings is 1. The third kappa shape index (κ3) is 4.50. The molecule has 0 fully saturated rings. The van der Waals surface area contributed by atoms with E-state index in [1.54, 1.807) is 30.3 Å². The Hall–Kier alpha value is -2.47. The van der Waals surface area contributed by atoms with E-state index in [0.29, 0.717) is 12.2 Å². The minimum Gasteiger partial charge on any atom is -0.347 e. The zero-order valence-electron chi connectivity index (χ0n) is 12.6. The van der Waals surface area contributed by atoms with Crippen molar-refractivity contribution in [2.45, 2.75) is 6.92 Å². The molecule has 1 heterocycles. The van der Waals surface area contributed by atoms with Gasteiger partial charge in [-0.2, -0.15) is 0 Å². The lowest BCUT2D eigenvalue weighted by atomic mass is 10.2. The van der Waals surface area contributed by atoms with Crippen molar-refractivity contribution >= 4 is 33.4 Å². The van der Waals surface area contributed by atoms with Crippen LogP contribution in [-0.4, -0.2) is 23.3 Å². The molecule has 2 aromatic rings. The number of anilines is 1. The van der Waals surface area contributed by atoms with Crippen molar-refractivity contribution < 1.29 is 9.59 Å². The molecule has 0 saturated carbocycles. The van der Waals surface area contributed by atoms with Gasteiger partial charge in [0.1, 0.15) is 11.4 Å². The van der Waals surface area contributed by atoms with Crippen molar-refractivity contribution in [3.05, 3.63) is 70.5 Å². The van der Waals surface area contributed by atoms with Crippen molar-refractivity contribution in [1.29, 1.82) is 0 Å². The summed E-state index contributed by atoms with van der Waals surface area (Å²) < 4.78 is 0.783. The Morgan fingerprint density at radius 3 is 2.57 bits per heavy atom. The Morgan fingerprint density at radius 1 is 1.22 bits per heavy atom. The van der Waals surface area contributed by atoms with E-state index < -0.39 is 0 Å². The van der Waals surface area contributed by atoms with Gasteiger partial charge in [0.25, 0.3) is 11.8 Å². The SMILES string of the molecule is C=CCNC(=O)c1cccc(C(=O)Nc2ccc(C)cc2Br)n1. The molecular weight excluding hydrogens is 358 g/mol. The van der Waals surface area contributed by atoms with Crippen LogP contribution in [0.25, 0.3) is 0 Å². The predicted molar refractivity (Wildman–Crippen MR) is 93.6 cm³/mol. The van der Waals surface area contributed by atoms with E-state index in [1.165, 1.54) is 0 Å². The van der Waals surface area contributed by atoms with E-state index in [9.17, 15) is 9.59 Å². The fourth-order valence-corrected chi connectivity index (χ4v) is 2.44. The number of carbonyl (C=O) groups excluding carboxylic acids is 2. The molecule has 6 heteroatoms. The lowest BCUT2D eigenvalue weighted by Crippen LogP contribution is -2.25. The maximum Gasteiger partial charge on any atom is 0.274 e. The number of aryl methyl sites for hydroxylation is 1. The third-order valence-corrected chi connectivity index (χ3v) is 3.65. The van der Waals surface area contributed by atoms with Crippen LogP contribution in [0, 0.1) is 6.92 Å². The Labute approximate surface area is 142 Å². The van der Waals surface area contributed by atoms with Crippen LogP contribution < -0.4 is 10.6 Å². The lowest BCUT2D eigenvalue weighted by Gasteiger charge is -2.08. The molecule has 2 N–H and O–H groups in total. The molecule has 23 heavy (non-hydrogen) atoms. The summed E-state index contributed by atoms with van der Waals surface area (Å²) in [4.78, 5) is 28.3. The van der Waals surface area contributed by atoms with Gasteiger partial charge in [-0.3, -0.25) is 9.59 Å². The second-order valence-electron chi connectivity index (χ2n) is 4.84. The molecule has 0 atom stereocenters. The quantitative estimate of drug-likeness (QED) is 0.789. The first-order chi connectivity index (χ1) is 11.0. The molecule has 5 nitrogen and oxygen atoms in total. The number of hydrogen-bond acceptors (Lipinski definition) is 3. The first-order valence-corrected chi connectivity index (χ1v) is 7.74. The Kier molecular flexibility index (Phi) is 5.65. The van der Waals surface area contributed by atoms with E-state index in [4.69, 9.17) is 0 Å². The van der Waals surface area contributed by atoms with Crippen LogP contribution in [0.15, 0.2) is 53.5 Å². The van der Waals surface area contributed by atoms with Crippen molar-refractivity contribution in [3.8, 4) is 0 Å². The fraction of sp³-hybridized carbons (Fsp3) is 0.118. The molecule has 0 bridgehead atoms. The zero-order chi connectivity index (χ0) is 16.8. The summed E-state index contributed by atoms with van der Waals surface area (Å²) in [7, 11) is 0. The summed E-state index contributed by atoms with van der Waals surface area (Å²) in [6.45, 7) is 5.83. The summed E-state index contributed by atoms with van der Waals surface area (Å²) in [6.07, 6.45) is 1.57. The first-order valence-electron chi connectivity index (χ1n) is 6.95. The number of amides is 2. The van der Waals surface area contributed by atoms with Crippen LogP contribution in [-0.2, 0) is 0 Å². The summed E-state index contributed by atoms with van der Waals surface area (Å²) in [5.74, 6) is -0.732. The van der Waals surface area contributed by atoms with Crippen LogP contribution in [0.5, 0.6) is 0 Å². The van der Waals surface area contributed by atoms with Gasteiger partial charge in [-0.05, 0) is 52.7 Å². The Bertz CT molecular complexity index is 759. The molecule has 0 radical (unpaired) electrons. The second-order valence-corrected chi connectivity index (χ2v) is 5.70. The van der Waals surface area contributed by atoms with Crippen molar-refractivity contribution in [2.24, 2.45) is 0 Å². The van der Waals surface area contributed by atoms with Gasteiger partial charge >= 0.3 is 0 Å². The van der Waals surface area contributed by atoms with Gasteiger partial charge in [0.2, 0.25) is 0 Å². The van der Waals surface area contributed by atoms with E-state index >= 15 is 0 Å². The van der Waals surface area contributed by atoms with E-state index in [0.717, 1.165) is 10.0 Å². The number of nitrogens with one attached hydrogen (secondary N) is 2. The number of halogens is 1. The number of rotatable bonds is 5. The molecule has 0 saturated heterocycles. The molecule has 0 aliphatic rings. The number of hydrogen-bond donors (Lipinski definition) is 2. The highest BCUT2D eigenvalue weighted by atomic mass is 79.9. The molecule has 2 rings (SSSR count). The maximum atomic E-state index is 12.3. The number of carbonyl (C=O) groups is 2. The van der Waals surface area contributed by atoms with Crippen molar-refractivity contribution in [1.82, 2.24) is 10.3 Å². The number of aromatic nitrogens is 1. The van der Waals surface area contributed by atoms with E-state index in [1.807, 2.05) is 19.1 Å². The largest absolute Gasteiger partial charge is 0.347 e. The maximum absolute atomic E-state index is 12.3. The van der Waals surface area contributed by atoms with Crippen LogP contribution in [0.4, 0.5) is 5.69 Å². The predicted octanol–water partition coefficient (Wildman–Crippen LogP) is 3.32. The Morgan fingerprint density at radius 2 is 1.91 bits per heavy atom. The van der Waals surface area contributed by atoms with Gasteiger partial charge in [0.05, 0.1) is 5.69 Å². The fourth-order valence-electron chi connectivity index (χ4n) is 1.85. The van der Waals surface area contributed by atoms with E-state index in [-0.39, 0.29) is 23.2 Å². The average Bonchev–Trinajstić information content (AvgIpc) is 2.55. The number of nitrogens with zero attached hydrogens (tertiary/aromatic N) is 1. The monoisotopic (exact) mass is 373 g/mol. The van der Waals surface area contributed by atoms with Crippen molar-refractivity contribution in [2.75, 3.05) is 11.9 Å². The summed E-state index contributed by atoms with van der Waals surface area (Å²) in [6, 6.07) is 10.3. The van der Waals surface area contributed by atoms with Gasteiger partial charge in [0.15, 0.2) is 0 Å². The minimum absolute atomic E-state index is 0.170. The Balaban J connectivity index is 2.16. The standard InChI is InChI=1S/C17H16BrN3O2/c1-3-9-19-16(22)14-5-4-6-15(20-14)17(23)21-13-8-7-11(2)10-12(13)18/h3-8,10H,1,9H2,2H3,(H,19,22)(H,21,23). The molecule has 1 aromatic carbocycles. The summed E-state index contributed by atoms with van der Waals surface area (Å²) in [5, 5.41) is 5.39. The molecule has 0 spiro atoms. The van der Waals surface area contributed by atoms with Crippen LogP contribution in [0.2, 0.25) is 0 Å². The van der Waals surface area contributed by atoms with Gasteiger partial charge in [-0.1, -0.05) is 18.2 Å². The van der Waals surface area contributed by atoms with Crippen molar-refractivity contribution in [3.63, 3.8) is 0 Å². The lowest BCUT2D eigenvalue weighted by molar-refractivity contribution is 0.0953. The van der Waals surface area contributed by atoms with Gasteiger partial charge in [-0.25, -0.2) is 4.98 Å². The minimum atomic E-state index is -0.382. The third-order valence-electron chi connectivity index (χ3n) is 2.99. The molecule has 0 aliphatic carbocycles. The van der Waals surface area contributed by atoms with Gasteiger partial charge in [0, 0.05) is 11.0 Å².